The largest absolute Gasteiger partial charge is 0.255 e. The van der Waals surface area contributed by atoms with E-state index in [1.54, 1.807) is 18.3 Å². The summed E-state index contributed by atoms with van der Waals surface area (Å²) in [6.45, 7) is 11.4. The smallest absolute Gasteiger partial charge is 0.0882 e. The van der Waals surface area contributed by atoms with E-state index in [0.717, 1.165) is 22.7 Å². The van der Waals surface area contributed by atoms with Gasteiger partial charge in [-0.1, -0.05) is 49.6 Å². The SMILES string of the molecule is C=CC=CC=C(C)C(C=C)=NC(=CC)c1ccccn1. The van der Waals surface area contributed by atoms with Gasteiger partial charge in [-0.3, -0.25) is 4.98 Å². The predicted molar refractivity (Wildman–Crippen MR) is 88.6 cm³/mol. The topological polar surface area (TPSA) is 25.2 Å². The summed E-state index contributed by atoms with van der Waals surface area (Å²) >= 11 is 0. The summed E-state index contributed by atoms with van der Waals surface area (Å²) < 4.78 is 0. The molecule has 0 bridgehead atoms. The number of hydrogen-bond acceptors (Lipinski definition) is 2. The zero-order valence-corrected chi connectivity index (χ0v) is 12.1. The molecule has 102 valence electrons. The van der Waals surface area contributed by atoms with E-state index in [-0.39, 0.29) is 0 Å². The lowest BCUT2D eigenvalue weighted by Gasteiger charge is -2.04. The van der Waals surface area contributed by atoms with Crippen LogP contribution in [0.3, 0.4) is 0 Å². The number of pyridine rings is 1. The summed E-state index contributed by atoms with van der Waals surface area (Å²) in [5.41, 5.74) is 3.55. The maximum absolute atomic E-state index is 4.63. The number of allylic oxidation sites excluding steroid dienone is 7. The van der Waals surface area contributed by atoms with Crippen molar-refractivity contribution in [2.24, 2.45) is 4.99 Å². The van der Waals surface area contributed by atoms with Crippen LogP contribution in [0, 0.1) is 0 Å². The molecule has 0 aromatic carbocycles. The number of rotatable bonds is 6. The minimum absolute atomic E-state index is 0.831. The van der Waals surface area contributed by atoms with Gasteiger partial charge in [0, 0.05) is 6.20 Å². The van der Waals surface area contributed by atoms with Crippen LogP contribution in [0.4, 0.5) is 0 Å². The number of aliphatic imine (C=N–C) groups is 1. The quantitative estimate of drug-likeness (QED) is 0.537. The molecule has 0 saturated carbocycles. The highest BCUT2D eigenvalue weighted by Crippen LogP contribution is 2.15. The second-order valence-electron chi connectivity index (χ2n) is 4.06. The molecule has 0 aliphatic rings. The van der Waals surface area contributed by atoms with E-state index in [4.69, 9.17) is 0 Å². The average molecular weight is 264 g/mol. The molecule has 1 aromatic rings. The highest BCUT2D eigenvalue weighted by atomic mass is 14.8. The van der Waals surface area contributed by atoms with Gasteiger partial charge in [-0.05, 0) is 37.6 Å². The molecule has 0 unspecified atom stereocenters. The average Bonchev–Trinajstić information content (AvgIpc) is 2.49. The van der Waals surface area contributed by atoms with E-state index in [1.807, 2.05) is 56.4 Å². The molecule has 0 saturated heterocycles. The zero-order chi connectivity index (χ0) is 14.8. The molecule has 0 N–H and O–H groups in total. The normalized spacial score (nSPS) is 13.6. The second kappa shape index (κ2) is 8.59. The number of hydrogen-bond donors (Lipinski definition) is 0. The van der Waals surface area contributed by atoms with Crippen molar-refractivity contribution in [3.8, 4) is 0 Å². The molecule has 0 radical (unpaired) electrons. The Labute approximate surface area is 121 Å². The third-order valence-electron chi connectivity index (χ3n) is 2.63. The van der Waals surface area contributed by atoms with Crippen molar-refractivity contribution < 1.29 is 0 Å². The summed E-state index contributed by atoms with van der Waals surface area (Å²) in [5, 5.41) is 0. The molecule has 0 fully saturated rings. The first kappa shape index (κ1) is 15.6. The standard InChI is InChI=1S/C18H20N2/c1-5-8-9-12-15(4)16(6-2)20-17(7-3)18-13-10-11-14-19-18/h5-14H,1-2H2,3-4H3. The maximum atomic E-state index is 4.63. The Morgan fingerprint density at radius 2 is 2.05 bits per heavy atom. The molecule has 2 nitrogen and oxygen atoms in total. The Kier molecular flexibility index (Phi) is 6.69. The lowest BCUT2D eigenvalue weighted by Crippen LogP contribution is -1.97. The summed E-state index contributed by atoms with van der Waals surface area (Å²) in [4.78, 5) is 8.95. The fourth-order valence-electron chi connectivity index (χ4n) is 1.57. The molecule has 2 heteroatoms. The van der Waals surface area contributed by atoms with Gasteiger partial charge >= 0.3 is 0 Å². The predicted octanol–water partition coefficient (Wildman–Crippen LogP) is 4.76. The fraction of sp³-hybridized carbons (Fsp3) is 0.111. The molecular weight excluding hydrogens is 244 g/mol. The molecule has 0 aliphatic carbocycles. The van der Waals surface area contributed by atoms with Crippen LogP contribution in [0.25, 0.3) is 5.70 Å². The van der Waals surface area contributed by atoms with Crippen LogP contribution in [-0.2, 0) is 0 Å². The van der Waals surface area contributed by atoms with Crippen LogP contribution in [0.1, 0.15) is 19.5 Å². The third-order valence-corrected chi connectivity index (χ3v) is 2.63. The number of aromatic nitrogens is 1. The van der Waals surface area contributed by atoms with Crippen LogP contribution >= 0.6 is 0 Å². The molecule has 0 spiro atoms. The highest BCUT2D eigenvalue weighted by Gasteiger charge is 2.02. The first-order chi connectivity index (χ1) is 9.72. The molecule has 20 heavy (non-hydrogen) atoms. The molecule has 1 rings (SSSR count). The van der Waals surface area contributed by atoms with Crippen molar-refractivity contribution in [1.82, 2.24) is 4.98 Å². The maximum Gasteiger partial charge on any atom is 0.0882 e. The molecule has 1 aromatic heterocycles. The highest BCUT2D eigenvalue weighted by molar-refractivity contribution is 6.10. The van der Waals surface area contributed by atoms with Gasteiger partial charge in [-0.15, -0.1) is 0 Å². The van der Waals surface area contributed by atoms with Crippen molar-refractivity contribution in [3.05, 3.63) is 85.3 Å². The van der Waals surface area contributed by atoms with Gasteiger partial charge in [0.05, 0.1) is 17.1 Å². The summed E-state index contributed by atoms with van der Waals surface area (Å²) in [7, 11) is 0. The molecule has 0 aliphatic heterocycles. The van der Waals surface area contributed by atoms with Crippen molar-refractivity contribution in [1.29, 1.82) is 0 Å². The van der Waals surface area contributed by atoms with Gasteiger partial charge in [-0.25, -0.2) is 4.99 Å². The Bertz CT molecular complexity index is 573. The Hall–Kier alpha value is -2.48. The minimum atomic E-state index is 0.831. The number of nitrogens with zero attached hydrogens (tertiary/aromatic N) is 2. The minimum Gasteiger partial charge on any atom is -0.255 e. The summed E-state index contributed by atoms with van der Waals surface area (Å²) in [5.74, 6) is 0. The van der Waals surface area contributed by atoms with Crippen molar-refractivity contribution in [2.45, 2.75) is 13.8 Å². The molecule has 0 atom stereocenters. The van der Waals surface area contributed by atoms with Crippen LogP contribution in [0.5, 0.6) is 0 Å². The third kappa shape index (κ3) is 4.65. The van der Waals surface area contributed by atoms with Gasteiger partial charge in [0.25, 0.3) is 0 Å². The lowest BCUT2D eigenvalue weighted by atomic mass is 10.1. The zero-order valence-electron chi connectivity index (χ0n) is 12.1. The molecular formula is C18H20N2. The van der Waals surface area contributed by atoms with Crippen molar-refractivity contribution >= 4 is 11.4 Å². The van der Waals surface area contributed by atoms with E-state index >= 15 is 0 Å². The lowest BCUT2D eigenvalue weighted by molar-refractivity contribution is 1.25. The Morgan fingerprint density at radius 1 is 1.25 bits per heavy atom. The van der Waals surface area contributed by atoms with Gasteiger partial charge in [0.15, 0.2) is 0 Å². The van der Waals surface area contributed by atoms with Gasteiger partial charge in [-0.2, -0.15) is 0 Å². The second-order valence-corrected chi connectivity index (χ2v) is 4.06. The van der Waals surface area contributed by atoms with Crippen molar-refractivity contribution in [3.63, 3.8) is 0 Å². The van der Waals surface area contributed by atoms with Crippen LogP contribution < -0.4 is 0 Å². The molecule has 0 amide bonds. The first-order valence-electron chi connectivity index (χ1n) is 6.48. The monoisotopic (exact) mass is 264 g/mol. The van der Waals surface area contributed by atoms with Gasteiger partial charge < -0.3 is 0 Å². The fourth-order valence-corrected chi connectivity index (χ4v) is 1.57. The Morgan fingerprint density at radius 3 is 2.60 bits per heavy atom. The Balaban J connectivity index is 3.10. The van der Waals surface area contributed by atoms with Crippen LogP contribution in [0.15, 0.2) is 84.6 Å². The van der Waals surface area contributed by atoms with E-state index < -0.39 is 0 Å². The van der Waals surface area contributed by atoms with Gasteiger partial charge in [0.1, 0.15) is 0 Å². The van der Waals surface area contributed by atoms with Crippen LogP contribution in [0.2, 0.25) is 0 Å². The van der Waals surface area contributed by atoms with E-state index in [1.165, 1.54) is 0 Å². The summed E-state index contributed by atoms with van der Waals surface area (Å²) in [6, 6.07) is 5.78. The summed E-state index contributed by atoms with van der Waals surface area (Å²) in [6.07, 6.45) is 13.0. The van der Waals surface area contributed by atoms with Gasteiger partial charge in [0.2, 0.25) is 0 Å². The van der Waals surface area contributed by atoms with E-state index in [9.17, 15) is 0 Å². The van der Waals surface area contributed by atoms with Crippen molar-refractivity contribution in [2.75, 3.05) is 0 Å². The van der Waals surface area contributed by atoms with Crippen LogP contribution in [-0.4, -0.2) is 10.7 Å². The van der Waals surface area contributed by atoms with E-state index in [2.05, 4.69) is 23.1 Å². The van der Waals surface area contributed by atoms with E-state index in [0.29, 0.717) is 0 Å². The molecule has 1 heterocycles. The first-order valence-corrected chi connectivity index (χ1v) is 6.48.